The molecule has 1 fully saturated rings. The standard InChI is InChI=1S/C25H32N2O6S/c1-17-6-11-21(34(30,31)27-12-14-32-15-13-27)16-22(17)24(29)33-18(2)23(28)26-20-9-7-19(8-10-20)25(3,4)5/h6-11,16,18H,12-15H2,1-5H3,(H,26,28). The van der Waals surface area contributed by atoms with Gasteiger partial charge >= 0.3 is 5.97 Å². The van der Waals surface area contributed by atoms with Crippen molar-refractivity contribution in [1.82, 2.24) is 4.31 Å². The molecular weight excluding hydrogens is 456 g/mol. The van der Waals surface area contributed by atoms with Crippen LogP contribution in [0.4, 0.5) is 5.69 Å². The number of amides is 1. The van der Waals surface area contributed by atoms with Gasteiger partial charge in [-0.15, -0.1) is 0 Å². The van der Waals surface area contributed by atoms with Gasteiger partial charge in [0, 0.05) is 18.8 Å². The van der Waals surface area contributed by atoms with E-state index in [1.807, 2.05) is 12.1 Å². The molecule has 0 aliphatic carbocycles. The number of carbonyl (C=O) groups excluding carboxylic acids is 2. The number of rotatable bonds is 6. The molecule has 1 atom stereocenters. The number of benzene rings is 2. The Morgan fingerprint density at radius 1 is 1.06 bits per heavy atom. The number of aryl methyl sites for hydroxylation is 1. The summed E-state index contributed by atoms with van der Waals surface area (Å²) in [6, 6.07) is 11.8. The maximum atomic E-state index is 12.9. The van der Waals surface area contributed by atoms with Crippen molar-refractivity contribution in [2.24, 2.45) is 0 Å². The van der Waals surface area contributed by atoms with Gasteiger partial charge in [-0.1, -0.05) is 39.0 Å². The maximum Gasteiger partial charge on any atom is 0.339 e. The van der Waals surface area contributed by atoms with Crippen molar-refractivity contribution in [2.45, 2.75) is 51.0 Å². The molecule has 1 aliphatic heterocycles. The second-order valence-electron chi connectivity index (χ2n) is 9.36. The number of ether oxygens (including phenoxy) is 2. The van der Waals surface area contributed by atoms with E-state index in [0.29, 0.717) is 24.5 Å². The summed E-state index contributed by atoms with van der Waals surface area (Å²) in [6.45, 7) is 10.6. The van der Waals surface area contributed by atoms with Crippen molar-refractivity contribution < 1.29 is 27.5 Å². The smallest absolute Gasteiger partial charge is 0.339 e. The predicted octanol–water partition coefficient (Wildman–Crippen LogP) is 3.50. The Morgan fingerprint density at radius 2 is 1.68 bits per heavy atom. The van der Waals surface area contributed by atoms with Gasteiger partial charge < -0.3 is 14.8 Å². The fourth-order valence-corrected chi connectivity index (χ4v) is 4.93. The van der Waals surface area contributed by atoms with E-state index in [2.05, 4.69) is 26.1 Å². The highest BCUT2D eigenvalue weighted by molar-refractivity contribution is 7.89. The van der Waals surface area contributed by atoms with E-state index in [-0.39, 0.29) is 29.0 Å². The van der Waals surface area contributed by atoms with E-state index in [1.165, 1.54) is 23.4 Å². The lowest BCUT2D eigenvalue weighted by Gasteiger charge is -2.26. The second kappa shape index (κ2) is 10.2. The van der Waals surface area contributed by atoms with Gasteiger partial charge in [0.25, 0.3) is 5.91 Å². The van der Waals surface area contributed by atoms with E-state index in [0.717, 1.165) is 5.56 Å². The van der Waals surface area contributed by atoms with Crippen LogP contribution in [0.5, 0.6) is 0 Å². The Kier molecular flexibility index (Phi) is 7.80. The van der Waals surface area contributed by atoms with Gasteiger partial charge in [0.15, 0.2) is 6.10 Å². The molecule has 1 N–H and O–H groups in total. The SMILES string of the molecule is Cc1ccc(S(=O)(=O)N2CCOCC2)cc1C(=O)OC(C)C(=O)Nc1ccc(C(C)(C)C)cc1. The first-order valence-corrected chi connectivity index (χ1v) is 12.6. The molecule has 0 saturated carbocycles. The molecule has 0 spiro atoms. The topological polar surface area (TPSA) is 102 Å². The average Bonchev–Trinajstić information content (AvgIpc) is 2.79. The highest BCUT2D eigenvalue weighted by Crippen LogP contribution is 2.24. The van der Waals surface area contributed by atoms with E-state index in [1.54, 1.807) is 25.1 Å². The van der Waals surface area contributed by atoms with Gasteiger partial charge in [0.1, 0.15) is 0 Å². The van der Waals surface area contributed by atoms with Crippen molar-refractivity contribution in [3.63, 3.8) is 0 Å². The summed E-state index contributed by atoms with van der Waals surface area (Å²) in [4.78, 5) is 25.4. The van der Waals surface area contributed by atoms with Crippen LogP contribution in [0.1, 0.15) is 49.2 Å². The van der Waals surface area contributed by atoms with Gasteiger partial charge in [-0.2, -0.15) is 4.31 Å². The number of esters is 1. The summed E-state index contributed by atoms with van der Waals surface area (Å²) < 4.78 is 37.8. The molecule has 1 saturated heterocycles. The Labute approximate surface area is 201 Å². The number of hydrogen-bond donors (Lipinski definition) is 1. The highest BCUT2D eigenvalue weighted by Gasteiger charge is 2.28. The van der Waals surface area contributed by atoms with Gasteiger partial charge in [-0.25, -0.2) is 13.2 Å². The van der Waals surface area contributed by atoms with Gasteiger partial charge in [0.05, 0.1) is 23.7 Å². The first kappa shape index (κ1) is 25.9. The van der Waals surface area contributed by atoms with Crippen LogP contribution in [0.2, 0.25) is 0 Å². The first-order chi connectivity index (χ1) is 15.9. The lowest BCUT2D eigenvalue weighted by molar-refractivity contribution is -0.123. The number of anilines is 1. The molecule has 2 aromatic rings. The minimum atomic E-state index is -3.77. The van der Waals surface area contributed by atoms with Crippen molar-refractivity contribution in [3.8, 4) is 0 Å². The zero-order chi connectivity index (χ0) is 25.1. The molecule has 1 amide bonds. The van der Waals surface area contributed by atoms with Crippen LogP contribution < -0.4 is 5.32 Å². The molecule has 34 heavy (non-hydrogen) atoms. The predicted molar refractivity (Wildman–Crippen MR) is 129 cm³/mol. The number of nitrogens with zero attached hydrogens (tertiary/aromatic N) is 1. The normalized spacial score (nSPS) is 16.0. The van der Waals surface area contributed by atoms with Gasteiger partial charge in [0.2, 0.25) is 10.0 Å². The Balaban J connectivity index is 1.69. The summed E-state index contributed by atoms with van der Waals surface area (Å²) in [6.07, 6.45) is -1.08. The number of nitrogens with one attached hydrogen (secondary N) is 1. The van der Waals surface area contributed by atoms with E-state index in [4.69, 9.17) is 9.47 Å². The molecule has 3 rings (SSSR count). The second-order valence-corrected chi connectivity index (χ2v) is 11.3. The molecule has 1 aliphatic rings. The quantitative estimate of drug-likeness (QED) is 0.625. The molecule has 1 unspecified atom stereocenters. The molecule has 9 heteroatoms. The lowest BCUT2D eigenvalue weighted by Crippen LogP contribution is -2.40. The molecule has 184 valence electrons. The third kappa shape index (κ3) is 6.02. The number of morpholine rings is 1. The van der Waals surface area contributed by atoms with Crippen molar-refractivity contribution in [3.05, 3.63) is 59.2 Å². The van der Waals surface area contributed by atoms with Gasteiger partial charge in [-0.3, -0.25) is 4.79 Å². The van der Waals surface area contributed by atoms with Crippen LogP contribution in [-0.4, -0.2) is 57.0 Å². The van der Waals surface area contributed by atoms with Crippen molar-refractivity contribution in [1.29, 1.82) is 0 Å². The highest BCUT2D eigenvalue weighted by atomic mass is 32.2. The van der Waals surface area contributed by atoms with Crippen LogP contribution in [0.25, 0.3) is 0 Å². The van der Waals surface area contributed by atoms with Crippen molar-refractivity contribution in [2.75, 3.05) is 31.6 Å². The van der Waals surface area contributed by atoms with Crippen LogP contribution in [0.3, 0.4) is 0 Å². The van der Waals surface area contributed by atoms with Gasteiger partial charge in [-0.05, 0) is 54.7 Å². The van der Waals surface area contributed by atoms with Crippen LogP contribution in [0, 0.1) is 6.92 Å². The number of sulfonamides is 1. The average molecular weight is 489 g/mol. The fraction of sp³-hybridized carbons (Fsp3) is 0.440. The zero-order valence-corrected chi connectivity index (χ0v) is 21.1. The summed E-state index contributed by atoms with van der Waals surface area (Å²) in [7, 11) is -3.77. The van der Waals surface area contributed by atoms with Crippen LogP contribution >= 0.6 is 0 Å². The minimum Gasteiger partial charge on any atom is -0.449 e. The molecule has 0 aromatic heterocycles. The fourth-order valence-electron chi connectivity index (χ4n) is 3.49. The summed E-state index contributed by atoms with van der Waals surface area (Å²) >= 11 is 0. The van der Waals surface area contributed by atoms with E-state index < -0.39 is 28.0 Å². The Bertz CT molecular complexity index is 1150. The summed E-state index contributed by atoms with van der Waals surface area (Å²) in [5.74, 6) is -1.24. The third-order valence-electron chi connectivity index (χ3n) is 5.71. The minimum absolute atomic E-state index is 0.00277. The monoisotopic (exact) mass is 488 g/mol. The van der Waals surface area contributed by atoms with Crippen LogP contribution in [-0.2, 0) is 29.7 Å². The number of carbonyl (C=O) groups is 2. The van der Waals surface area contributed by atoms with E-state index >= 15 is 0 Å². The number of hydrogen-bond acceptors (Lipinski definition) is 6. The maximum absolute atomic E-state index is 12.9. The summed E-state index contributed by atoms with van der Waals surface area (Å²) in [5, 5.41) is 2.74. The van der Waals surface area contributed by atoms with Crippen LogP contribution in [0.15, 0.2) is 47.4 Å². The molecule has 1 heterocycles. The zero-order valence-electron chi connectivity index (χ0n) is 20.3. The first-order valence-electron chi connectivity index (χ1n) is 11.2. The molecule has 2 aromatic carbocycles. The molecule has 0 bridgehead atoms. The Morgan fingerprint density at radius 3 is 2.26 bits per heavy atom. The summed E-state index contributed by atoms with van der Waals surface area (Å²) in [5.41, 5.74) is 2.37. The molecule has 0 radical (unpaired) electrons. The Hall–Kier alpha value is -2.75. The van der Waals surface area contributed by atoms with Crippen molar-refractivity contribution >= 4 is 27.6 Å². The third-order valence-corrected chi connectivity index (χ3v) is 7.60. The largest absolute Gasteiger partial charge is 0.449 e. The van der Waals surface area contributed by atoms with E-state index in [9.17, 15) is 18.0 Å². The lowest BCUT2D eigenvalue weighted by atomic mass is 9.87. The molecular formula is C25H32N2O6S. The molecule has 8 nitrogen and oxygen atoms in total.